The fourth-order valence-corrected chi connectivity index (χ4v) is 0.976. The molecule has 0 aliphatic carbocycles. The summed E-state index contributed by atoms with van der Waals surface area (Å²) in [4.78, 5) is 16.1. The van der Waals surface area contributed by atoms with E-state index in [1.54, 1.807) is 0 Å². The van der Waals surface area contributed by atoms with E-state index >= 15 is 0 Å². The molecule has 0 aromatic carbocycles. The van der Waals surface area contributed by atoms with Gasteiger partial charge in [-0.25, -0.2) is 8.78 Å². The zero-order chi connectivity index (χ0) is 11.9. The lowest BCUT2D eigenvalue weighted by molar-refractivity contribution is -0.128. The summed E-state index contributed by atoms with van der Waals surface area (Å²) < 4.78 is 24.7. The van der Waals surface area contributed by atoms with Crippen LogP contribution in [0.4, 0.5) is 8.78 Å². The van der Waals surface area contributed by atoms with Crippen molar-refractivity contribution in [2.24, 2.45) is 4.99 Å². The summed E-state index contributed by atoms with van der Waals surface area (Å²) >= 11 is 0. The molecule has 3 nitrogen and oxygen atoms in total. The van der Waals surface area contributed by atoms with Gasteiger partial charge in [0, 0.05) is 20.4 Å². The normalized spacial score (nSPS) is 12.1. The lowest BCUT2D eigenvalue weighted by atomic mass is 10.3. The highest BCUT2D eigenvalue weighted by molar-refractivity contribution is 5.73. The van der Waals surface area contributed by atoms with Crippen LogP contribution in [0.15, 0.2) is 4.99 Å². The van der Waals surface area contributed by atoms with Crippen LogP contribution in [0, 0.1) is 0 Å². The Hall–Kier alpha value is -1.00. The molecule has 0 unspecified atom stereocenters. The topological polar surface area (TPSA) is 32.7 Å². The molecule has 0 aromatic rings. The third-order valence-electron chi connectivity index (χ3n) is 1.80. The summed E-state index contributed by atoms with van der Waals surface area (Å²) in [6.07, 6.45) is 2.39. The molecule has 0 spiro atoms. The van der Waals surface area contributed by atoms with Crippen molar-refractivity contribution in [1.82, 2.24) is 4.90 Å². The van der Waals surface area contributed by atoms with Gasteiger partial charge in [-0.15, -0.1) is 0 Å². The number of alkyl halides is 2. The summed E-state index contributed by atoms with van der Waals surface area (Å²) in [5.41, 5.74) is 0. The first-order chi connectivity index (χ1) is 6.87. The molecule has 0 aromatic heterocycles. The summed E-state index contributed by atoms with van der Waals surface area (Å²) in [6, 6.07) is 0. The number of halogens is 2. The highest BCUT2D eigenvalue weighted by Crippen LogP contribution is 2.07. The van der Waals surface area contributed by atoms with Crippen LogP contribution in [-0.2, 0) is 4.79 Å². The second kappa shape index (κ2) is 6.48. The Labute approximate surface area is 89.2 Å². The maximum absolute atomic E-state index is 12.4. The zero-order valence-electron chi connectivity index (χ0n) is 9.46. The Morgan fingerprint density at radius 3 is 2.53 bits per heavy atom. The number of amides is 1. The molecule has 0 N–H and O–H groups in total. The van der Waals surface area contributed by atoms with Gasteiger partial charge in [0.05, 0.1) is 6.21 Å². The van der Waals surface area contributed by atoms with Crippen molar-refractivity contribution < 1.29 is 13.6 Å². The third kappa shape index (κ3) is 8.03. The van der Waals surface area contributed by atoms with E-state index in [0.29, 0.717) is 12.8 Å². The molecule has 0 fully saturated rings. The van der Waals surface area contributed by atoms with Gasteiger partial charge in [0.15, 0.2) is 0 Å². The van der Waals surface area contributed by atoms with Crippen LogP contribution >= 0.6 is 0 Å². The van der Waals surface area contributed by atoms with E-state index in [0.717, 1.165) is 19.8 Å². The highest BCUT2D eigenvalue weighted by atomic mass is 19.3. The van der Waals surface area contributed by atoms with Crippen molar-refractivity contribution in [2.75, 3.05) is 13.2 Å². The first-order valence-corrected chi connectivity index (χ1v) is 5.01. The van der Waals surface area contributed by atoms with E-state index in [2.05, 4.69) is 4.99 Å². The van der Waals surface area contributed by atoms with Gasteiger partial charge in [0.25, 0.3) is 5.92 Å². The Balaban J connectivity index is 4.07. The van der Waals surface area contributed by atoms with E-state index in [-0.39, 0.29) is 12.6 Å². The standard InChI is InChI=1S/C10H18F2N2O/c1-4-5-6-14(9(2)15)8-13-7-10(3,11)12/h7H,4-6,8H2,1-3H3/b13-7+. The predicted molar refractivity (Wildman–Crippen MR) is 56.3 cm³/mol. The third-order valence-corrected chi connectivity index (χ3v) is 1.80. The Kier molecular flexibility index (Phi) is 6.05. The van der Waals surface area contributed by atoms with E-state index < -0.39 is 5.92 Å². The quantitative estimate of drug-likeness (QED) is 0.632. The average molecular weight is 220 g/mol. The Bertz CT molecular complexity index is 224. The SMILES string of the molecule is CCCCN(C/N=C/C(C)(F)F)C(C)=O. The molecule has 0 heterocycles. The molecule has 0 saturated heterocycles. The Morgan fingerprint density at radius 2 is 2.13 bits per heavy atom. The van der Waals surface area contributed by atoms with Crippen molar-refractivity contribution in [3.8, 4) is 0 Å². The maximum Gasteiger partial charge on any atom is 0.280 e. The van der Waals surface area contributed by atoms with Crippen LogP contribution in [0.3, 0.4) is 0 Å². The fraction of sp³-hybridized carbons (Fsp3) is 0.800. The molecule has 0 radical (unpaired) electrons. The van der Waals surface area contributed by atoms with Gasteiger partial charge in [-0.05, 0) is 6.42 Å². The number of carbonyl (C=O) groups excluding carboxylic acids is 1. The van der Waals surface area contributed by atoms with Gasteiger partial charge in [-0.1, -0.05) is 13.3 Å². The molecule has 0 atom stereocenters. The minimum Gasteiger partial charge on any atom is -0.323 e. The molecule has 0 aliphatic heterocycles. The number of carbonyl (C=O) groups is 1. The highest BCUT2D eigenvalue weighted by Gasteiger charge is 2.17. The van der Waals surface area contributed by atoms with Crippen LogP contribution in [-0.4, -0.2) is 36.2 Å². The van der Waals surface area contributed by atoms with E-state index in [9.17, 15) is 13.6 Å². The monoisotopic (exact) mass is 220 g/mol. The second-order valence-electron chi connectivity index (χ2n) is 3.55. The number of rotatable bonds is 6. The average Bonchev–Trinajstić information content (AvgIpc) is 2.08. The molecule has 1 amide bonds. The summed E-state index contributed by atoms with van der Waals surface area (Å²) in [5.74, 6) is -3.05. The van der Waals surface area contributed by atoms with E-state index in [1.807, 2.05) is 6.92 Å². The van der Waals surface area contributed by atoms with Crippen LogP contribution in [0.1, 0.15) is 33.6 Å². The van der Waals surface area contributed by atoms with Crippen molar-refractivity contribution in [3.63, 3.8) is 0 Å². The minimum atomic E-state index is -2.91. The smallest absolute Gasteiger partial charge is 0.280 e. The maximum atomic E-state index is 12.4. The zero-order valence-corrected chi connectivity index (χ0v) is 9.46. The van der Waals surface area contributed by atoms with Crippen LogP contribution < -0.4 is 0 Å². The van der Waals surface area contributed by atoms with Crippen molar-refractivity contribution >= 4 is 12.1 Å². The minimum absolute atomic E-state index is 0.0127. The van der Waals surface area contributed by atoms with E-state index in [1.165, 1.54) is 11.8 Å². The summed E-state index contributed by atoms with van der Waals surface area (Å²) in [5, 5.41) is 0. The van der Waals surface area contributed by atoms with Crippen molar-refractivity contribution in [3.05, 3.63) is 0 Å². The molecule has 0 rings (SSSR count). The van der Waals surface area contributed by atoms with Crippen LogP contribution in [0.2, 0.25) is 0 Å². The summed E-state index contributed by atoms with van der Waals surface area (Å²) in [6.45, 7) is 4.76. The Morgan fingerprint density at radius 1 is 1.53 bits per heavy atom. The number of unbranched alkanes of at least 4 members (excludes halogenated alkanes) is 1. The lowest BCUT2D eigenvalue weighted by Gasteiger charge is -2.18. The molecular weight excluding hydrogens is 202 g/mol. The number of nitrogens with zero attached hydrogens (tertiary/aromatic N) is 2. The fourth-order valence-electron chi connectivity index (χ4n) is 0.976. The van der Waals surface area contributed by atoms with Gasteiger partial charge >= 0.3 is 0 Å². The van der Waals surface area contributed by atoms with Crippen molar-refractivity contribution in [1.29, 1.82) is 0 Å². The van der Waals surface area contributed by atoms with Gasteiger partial charge in [-0.2, -0.15) is 0 Å². The largest absolute Gasteiger partial charge is 0.323 e. The van der Waals surface area contributed by atoms with Gasteiger partial charge in [-0.3, -0.25) is 9.79 Å². The molecule has 0 aliphatic rings. The second-order valence-corrected chi connectivity index (χ2v) is 3.55. The molecule has 88 valence electrons. The van der Waals surface area contributed by atoms with Gasteiger partial charge < -0.3 is 4.90 Å². The molecule has 15 heavy (non-hydrogen) atoms. The molecular formula is C10H18F2N2O. The lowest BCUT2D eigenvalue weighted by Crippen LogP contribution is -2.30. The molecule has 0 bridgehead atoms. The predicted octanol–water partition coefficient (Wildman–Crippen LogP) is 2.32. The van der Waals surface area contributed by atoms with Crippen LogP contribution in [0.5, 0.6) is 0 Å². The van der Waals surface area contributed by atoms with E-state index in [4.69, 9.17) is 0 Å². The number of hydrogen-bond donors (Lipinski definition) is 0. The first kappa shape index (κ1) is 14.0. The molecule has 0 saturated carbocycles. The van der Waals surface area contributed by atoms with Crippen LogP contribution in [0.25, 0.3) is 0 Å². The molecule has 5 heteroatoms. The number of hydrogen-bond acceptors (Lipinski definition) is 2. The first-order valence-electron chi connectivity index (χ1n) is 5.01. The summed E-state index contributed by atoms with van der Waals surface area (Å²) in [7, 11) is 0. The van der Waals surface area contributed by atoms with Gasteiger partial charge in [0.2, 0.25) is 5.91 Å². The number of aliphatic imine (C=N–C) groups is 1. The van der Waals surface area contributed by atoms with Crippen molar-refractivity contribution in [2.45, 2.75) is 39.5 Å². The van der Waals surface area contributed by atoms with Gasteiger partial charge in [0.1, 0.15) is 6.67 Å².